The maximum absolute atomic E-state index is 13.1. The summed E-state index contributed by atoms with van der Waals surface area (Å²) in [5.41, 5.74) is 2.39. The number of aromatic nitrogens is 1. The Kier molecular flexibility index (Phi) is 5.74. The molecule has 1 amide bonds. The number of nitrogens with zero attached hydrogens (tertiary/aromatic N) is 1. The van der Waals surface area contributed by atoms with E-state index in [1.807, 2.05) is 30.3 Å². The Morgan fingerprint density at radius 2 is 1.75 bits per heavy atom. The van der Waals surface area contributed by atoms with Gasteiger partial charge < -0.3 is 10.1 Å². The molecule has 7 heteroatoms. The number of pyridine rings is 1. The van der Waals surface area contributed by atoms with Gasteiger partial charge in [0.2, 0.25) is 0 Å². The molecule has 2 aromatic carbocycles. The first-order valence-electron chi connectivity index (χ1n) is 8.39. The van der Waals surface area contributed by atoms with Crippen LogP contribution in [0.1, 0.15) is 16.1 Å². The monoisotopic (exact) mass is 382 g/mol. The van der Waals surface area contributed by atoms with Crippen molar-refractivity contribution in [2.24, 2.45) is 0 Å². The van der Waals surface area contributed by atoms with E-state index in [2.05, 4.69) is 10.3 Å². The number of amides is 1. The van der Waals surface area contributed by atoms with Gasteiger partial charge in [-0.2, -0.15) is 0 Å². The fraction of sp³-hybridized carbons (Fsp3) is 0.0952. The summed E-state index contributed by atoms with van der Waals surface area (Å²) >= 11 is 0. The molecule has 1 heterocycles. The van der Waals surface area contributed by atoms with Crippen LogP contribution in [0, 0.1) is 18.6 Å². The lowest BCUT2D eigenvalue weighted by Crippen LogP contribution is -2.21. The predicted octanol–water partition coefficient (Wildman–Crippen LogP) is 4.13. The SMILES string of the molecule is Cc1nc(-c2ccccc2)ccc1C(=O)OCC(=O)Nc1ccc(F)c(F)c1. The normalized spacial score (nSPS) is 10.4. The van der Waals surface area contributed by atoms with Gasteiger partial charge in [-0.05, 0) is 31.2 Å². The highest BCUT2D eigenvalue weighted by molar-refractivity contribution is 5.96. The first-order valence-corrected chi connectivity index (χ1v) is 8.39. The molecule has 0 atom stereocenters. The number of ether oxygens (including phenoxy) is 1. The standard InChI is InChI=1S/C21H16F2N2O3/c1-13-16(8-10-19(24-13)14-5-3-2-4-6-14)21(27)28-12-20(26)25-15-7-9-17(22)18(23)11-15/h2-11H,12H2,1H3,(H,25,26). The number of esters is 1. The minimum atomic E-state index is -1.09. The van der Waals surface area contributed by atoms with Gasteiger partial charge in [0.25, 0.3) is 5.91 Å². The Bertz CT molecular complexity index is 1020. The molecular formula is C21H16F2N2O3. The topological polar surface area (TPSA) is 68.3 Å². The van der Waals surface area contributed by atoms with Crippen molar-refractivity contribution in [3.05, 3.63) is 83.6 Å². The van der Waals surface area contributed by atoms with Crippen LogP contribution in [-0.2, 0) is 9.53 Å². The molecular weight excluding hydrogens is 366 g/mol. The fourth-order valence-electron chi connectivity index (χ4n) is 2.53. The van der Waals surface area contributed by atoms with Crippen molar-refractivity contribution in [2.45, 2.75) is 6.92 Å². The van der Waals surface area contributed by atoms with Gasteiger partial charge in [0.15, 0.2) is 18.2 Å². The second-order valence-corrected chi connectivity index (χ2v) is 5.95. The summed E-state index contributed by atoms with van der Waals surface area (Å²) in [6.45, 7) is 1.10. The minimum absolute atomic E-state index is 0.0602. The number of hydrogen-bond acceptors (Lipinski definition) is 4. The number of halogens is 2. The second-order valence-electron chi connectivity index (χ2n) is 5.95. The van der Waals surface area contributed by atoms with Crippen LogP contribution in [0.5, 0.6) is 0 Å². The Hall–Kier alpha value is -3.61. The van der Waals surface area contributed by atoms with E-state index in [1.165, 1.54) is 6.07 Å². The maximum atomic E-state index is 13.1. The van der Waals surface area contributed by atoms with Crippen LogP contribution in [0.3, 0.4) is 0 Å². The molecule has 142 valence electrons. The van der Waals surface area contributed by atoms with Crippen molar-refractivity contribution in [1.29, 1.82) is 0 Å². The molecule has 3 rings (SSSR count). The molecule has 1 N–H and O–H groups in total. The molecule has 3 aromatic rings. The Balaban J connectivity index is 1.61. The van der Waals surface area contributed by atoms with Crippen molar-refractivity contribution >= 4 is 17.6 Å². The summed E-state index contributed by atoms with van der Waals surface area (Å²) in [6, 6.07) is 15.7. The van der Waals surface area contributed by atoms with E-state index in [1.54, 1.807) is 19.1 Å². The van der Waals surface area contributed by atoms with Crippen LogP contribution in [0.25, 0.3) is 11.3 Å². The van der Waals surface area contributed by atoms with Crippen molar-refractivity contribution in [3.8, 4) is 11.3 Å². The van der Waals surface area contributed by atoms with Crippen molar-refractivity contribution in [2.75, 3.05) is 11.9 Å². The first-order chi connectivity index (χ1) is 13.4. The van der Waals surface area contributed by atoms with E-state index >= 15 is 0 Å². The van der Waals surface area contributed by atoms with Gasteiger partial charge in [-0.25, -0.2) is 13.6 Å². The fourth-order valence-corrected chi connectivity index (χ4v) is 2.53. The molecule has 0 bridgehead atoms. The number of carbonyl (C=O) groups excluding carboxylic acids is 2. The average Bonchev–Trinajstić information content (AvgIpc) is 2.69. The number of benzene rings is 2. The van der Waals surface area contributed by atoms with Crippen molar-refractivity contribution in [3.63, 3.8) is 0 Å². The third-order valence-electron chi connectivity index (χ3n) is 3.91. The van der Waals surface area contributed by atoms with E-state index in [-0.39, 0.29) is 11.3 Å². The van der Waals surface area contributed by atoms with Gasteiger partial charge in [0.05, 0.1) is 17.0 Å². The maximum Gasteiger partial charge on any atom is 0.340 e. The zero-order valence-electron chi connectivity index (χ0n) is 14.9. The van der Waals surface area contributed by atoms with Gasteiger partial charge in [-0.15, -0.1) is 0 Å². The van der Waals surface area contributed by atoms with Gasteiger partial charge in [0.1, 0.15) is 0 Å². The van der Waals surface area contributed by atoms with E-state index in [0.717, 1.165) is 17.7 Å². The van der Waals surface area contributed by atoms with Gasteiger partial charge in [-0.1, -0.05) is 30.3 Å². The first kappa shape index (κ1) is 19.2. The summed E-state index contributed by atoms with van der Waals surface area (Å²) < 4.78 is 31.0. The highest BCUT2D eigenvalue weighted by Crippen LogP contribution is 2.19. The molecule has 1 aromatic heterocycles. The lowest BCUT2D eigenvalue weighted by atomic mass is 10.1. The minimum Gasteiger partial charge on any atom is -0.452 e. The van der Waals surface area contributed by atoms with Gasteiger partial charge in [-0.3, -0.25) is 9.78 Å². The summed E-state index contributed by atoms with van der Waals surface area (Å²) in [7, 11) is 0. The van der Waals surface area contributed by atoms with E-state index < -0.39 is 30.1 Å². The zero-order chi connectivity index (χ0) is 20.1. The molecule has 0 aliphatic heterocycles. The molecule has 5 nitrogen and oxygen atoms in total. The third-order valence-corrected chi connectivity index (χ3v) is 3.91. The Morgan fingerprint density at radius 1 is 1.00 bits per heavy atom. The van der Waals surface area contributed by atoms with Crippen LogP contribution in [-0.4, -0.2) is 23.5 Å². The molecule has 0 saturated carbocycles. The molecule has 0 unspecified atom stereocenters. The average molecular weight is 382 g/mol. The molecule has 0 aliphatic rings. The number of hydrogen-bond donors (Lipinski definition) is 1. The lowest BCUT2D eigenvalue weighted by Gasteiger charge is -2.09. The van der Waals surface area contributed by atoms with Crippen LogP contribution < -0.4 is 5.32 Å². The number of carbonyl (C=O) groups is 2. The Morgan fingerprint density at radius 3 is 2.43 bits per heavy atom. The molecule has 0 saturated heterocycles. The van der Waals surface area contributed by atoms with E-state index in [0.29, 0.717) is 11.4 Å². The zero-order valence-corrected chi connectivity index (χ0v) is 14.9. The van der Waals surface area contributed by atoms with Crippen molar-refractivity contribution in [1.82, 2.24) is 4.98 Å². The quantitative estimate of drug-likeness (QED) is 0.674. The van der Waals surface area contributed by atoms with E-state index in [9.17, 15) is 18.4 Å². The number of aryl methyl sites for hydroxylation is 1. The second kappa shape index (κ2) is 8.39. The van der Waals surface area contributed by atoms with Gasteiger partial charge >= 0.3 is 5.97 Å². The molecule has 0 radical (unpaired) electrons. The number of anilines is 1. The summed E-state index contributed by atoms with van der Waals surface area (Å²) in [5.74, 6) is -3.49. The number of nitrogens with one attached hydrogen (secondary N) is 1. The third kappa shape index (κ3) is 4.56. The summed E-state index contributed by atoms with van der Waals surface area (Å²) in [4.78, 5) is 28.5. The molecule has 0 aliphatic carbocycles. The largest absolute Gasteiger partial charge is 0.452 e. The summed E-state index contributed by atoms with van der Waals surface area (Å²) in [5, 5.41) is 2.32. The summed E-state index contributed by atoms with van der Waals surface area (Å²) in [6.07, 6.45) is 0. The van der Waals surface area contributed by atoms with Crippen LogP contribution in [0.2, 0.25) is 0 Å². The molecule has 0 spiro atoms. The predicted molar refractivity (Wildman–Crippen MR) is 99.7 cm³/mol. The molecule has 0 fully saturated rings. The van der Waals surface area contributed by atoms with E-state index in [4.69, 9.17) is 4.74 Å². The Labute approximate surface area is 160 Å². The van der Waals surface area contributed by atoms with Crippen molar-refractivity contribution < 1.29 is 23.1 Å². The highest BCUT2D eigenvalue weighted by Gasteiger charge is 2.15. The van der Waals surface area contributed by atoms with Crippen LogP contribution in [0.15, 0.2) is 60.7 Å². The number of rotatable bonds is 5. The highest BCUT2D eigenvalue weighted by atomic mass is 19.2. The lowest BCUT2D eigenvalue weighted by molar-refractivity contribution is -0.119. The van der Waals surface area contributed by atoms with Crippen LogP contribution >= 0.6 is 0 Å². The van der Waals surface area contributed by atoms with Crippen LogP contribution in [0.4, 0.5) is 14.5 Å². The molecule has 28 heavy (non-hydrogen) atoms. The van der Waals surface area contributed by atoms with Gasteiger partial charge in [0, 0.05) is 17.3 Å². The smallest absolute Gasteiger partial charge is 0.340 e.